The Kier molecular flexibility index (Phi) is 3.12. The minimum Gasteiger partial charge on any atom is -0.376 e. The summed E-state index contributed by atoms with van der Waals surface area (Å²) in [6.45, 7) is 2.77. The lowest BCUT2D eigenvalue weighted by Crippen LogP contribution is -2.21. The number of pyridine rings is 1. The van der Waals surface area contributed by atoms with Crippen LogP contribution in [0.3, 0.4) is 0 Å². The molecule has 1 aromatic carbocycles. The van der Waals surface area contributed by atoms with Crippen LogP contribution in [0, 0.1) is 13.3 Å². The zero-order chi connectivity index (χ0) is 16.0. The molecule has 1 amide bonds. The van der Waals surface area contributed by atoms with E-state index in [1.54, 1.807) is 6.20 Å². The van der Waals surface area contributed by atoms with E-state index in [1.165, 1.54) is 0 Å². The number of primary amides is 1. The van der Waals surface area contributed by atoms with Gasteiger partial charge in [-0.1, -0.05) is 11.2 Å². The molecule has 0 saturated carbocycles. The van der Waals surface area contributed by atoms with Gasteiger partial charge in [0.25, 0.3) is 5.91 Å². The van der Waals surface area contributed by atoms with Gasteiger partial charge in [-0.15, -0.1) is 0 Å². The molecule has 0 spiro atoms. The SMILES string of the molecule is Cc1noc2ccc(-c3cnc(C(N)=O)c4c3COC[CH]4)cc12. The normalized spacial score (nSPS) is 14.0. The van der Waals surface area contributed by atoms with Crippen LogP contribution in [0.25, 0.3) is 22.1 Å². The van der Waals surface area contributed by atoms with Gasteiger partial charge in [0.2, 0.25) is 0 Å². The number of nitrogens with two attached hydrogens (primary N) is 1. The number of benzene rings is 1. The van der Waals surface area contributed by atoms with Crippen molar-refractivity contribution in [2.75, 3.05) is 6.61 Å². The number of carbonyl (C=O) groups is 1. The van der Waals surface area contributed by atoms with Gasteiger partial charge in [0, 0.05) is 23.6 Å². The molecule has 115 valence electrons. The number of hydrogen-bond acceptors (Lipinski definition) is 5. The summed E-state index contributed by atoms with van der Waals surface area (Å²) in [4.78, 5) is 15.8. The molecule has 2 N–H and O–H groups in total. The largest absolute Gasteiger partial charge is 0.376 e. The second kappa shape index (κ2) is 5.17. The lowest BCUT2D eigenvalue weighted by atomic mass is 9.93. The summed E-state index contributed by atoms with van der Waals surface area (Å²) < 4.78 is 10.8. The highest BCUT2D eigenvalue weighted by Gasteiger charge is 2.22. The maximum Gasteiger partial charge on any atom is 0.267 e. The quantitative estimate of drug-likeness (QED) is 0.784. The molecule has 6 heteroatoms. The van der Waals surface area contributed by atoms with Crippen LogP contribution in [0.5, 0.6) is 0 Å². The Bertz CT molecular complexity index is 930. The van der Waals surface area contributed by atoms with Gasteiger partial charge < -0.3 is 15.0 Å². The highest BCUT2D eigenvalue weighted by atomic mass is 16.5. The number of carbonyl (C=O) groups excluding carboxylic acids is 1. The van der Waals surface area contributed by atoms with E-state index in [2.05, 4.69) is 10.1 Å². The molecule has 0 aliphatic carbocycles. The van der Waals surface area contributed by atoms with Crippen LogP contribution in [0.2, 0.25) is 0 Å². The number of fused-ring (bicyclic) bond motifs is 2. The van der Waals surface area contributed by atoms with Crippen molar-refractivity contribution < 1.29 is 14.1 Å². The van der Waals surface area contributed by atoms with E-state index in [-0.39, 0.29) is 5.69 Å². The molecule has 0 unspecified atom stereocenters. The zero-order valence-electron chi connectivity index (χ0n) is 12.5. The maximum atomic E-state index is 11.6. The monoisotopic (exact) mass is 308 g/mol. The van der Waals surface area contributed by atoms with Crippen molar-refractivity contribution in [3.63, 3.8) is 0 Å². The fourth-order valence-corrected chi connectivity index (χ4v) is 2.91. The molecule has 1 radical (unpaired) electrons. The maximum absolute atomic E-state index is 11.6. The number of amides is 1. The van der Waals surface area contributed by atoms with Gasteiger partial charge in [-0.3, -0.25) is 9.78 Å². The predicted molar refractivity (Wildman–Crippen MR) is 83.6 cm³/mol. The third kappa shape index (κ3) is 2.19. The molecular formula is C17H14N3O3. The molecular weight excluding hydrogens is 294 g/mol. The van der Waals surface area contributed by atoms with Gasteiger partial charge in [-0.2, -0.15) is 0 Å². The Labute approximate surface area is 132 Å². The Morgan fingerprint density at radius 1 is 1.35 bits per heavy atom. The van der Waals surface area contributed by atoms with Gasteiger partial charge in [-0.05, 0) is 35.7 Å². The number of aromatic nitrogens is 2. The van der Waals surface area contributed by atoms with E-state index < -0.39 is 5.91 Å². The van der Waals surface area contributed by atoms with Crippen molar-refractivity contribution in [2.24, 2.45) is 5.73 Å². The van der Waals surface area contributed by atoms with Crippen molar-refractivity contribution in [2.45, 2.75) is 13.5 Å². The standard InChI is InChI=1S/C17H14N3O3/c1-9-12-6-10(2-3-15(12)23-20-9)13-7-19-16(17(18)21)11-4-5-22-8-14(11)13/h2-4,6-7H,5,8H2,1H3,(H2,18,21). The summed E-state index contributed by atoms with van der Waals surface area (Å²) >= 11 is 0. The number of aryl methyl sites for hydroxylation is 1. The van der Waals surface area contributed by atoms with Crippen LogP contribution in [-0.4, -0.2) is 22.7 Å². The zero-order valence-corrected chi connectivity index (χ0v) is 12.5. The number of ether oxygens (including phenoxy) is 1. The average Bonchev–Trinajstić information content (AvgIpc) is 2.94. The van der Waals surface area contributed by atoms with Crippen molar-refractivity contribution >= 4 is 16.9 Å². The van der Waals surface area contributed by atoms with Crippen molar-refractivity contribution in [1.82, 2.24) is 10.1 Å². The van der Waals surface area contributed by atoms with Crippen LogP contribution in [-0.2, 0) is 11.3 Å². The second-order valence-corrected chi connectivity index (χ2v) is 5.48. The first-order valence-electron chi connectivity index (χ1n) is 7.24. The first-order valence-corrected chi connectivity index (χ1v) is 7.24. The summed E-state index contributed by atoms with van der Waals surface area (Å²) in [5, 5.41) is 4.93. The fourth-order valence-electron chi connectivity index (χ4n) is 2.91. The molecule has 2 aromatic heterocycles. The minimum atomic E-state index is -0.531. The summed E-state index contributed by atoms with van der Waals surface area (Å²) in [5.41, 5.74) is 10.9. The highest BCUT2D eigenvalue weighted by Crippen LogP contribution is 2.33. The summed E-state index contributed by atoms with van der Waals surface area (Å²) in [6.07, 6.45) is 3.52. The topological polar surface area (TPSA) is 91.2 Å². The highest BCUT2D eigenvalue weighted by molar-refractivity contribution is 5.94. The van der Waals surface area contributed by atoms with E-state index >= 15 is 0 Å². The number of nitrogens with zero attached hydrogens (tertiary/aromatic N) is 2. The summed E-state index contributed by atoms with van der Waals surface area (Å²) in [7, 11) is 0. The fraction of sp³-hybridized carbons (Fsp3) is 0.176. The van der Waals surface area contributed by atoms with E-state index in [1.807, 2.05) is 31.5 Å². The predicted octanol–water partition coefficient (Wildman–Crippen LogP) is 2.38. The average molecular weight is 308 g/mol. The van der Waals surface area contributed by atoms with Crippen molar-refractivity contribution in [3.8, 4) is 11.1 Å². The Morgan fingerprint density at radius 2 is 2.22 bits per heavy atom. The Morgan fingerprint density at radius 3 is 3.04 bits per heavy atom. The first-order chi connectivity index (χ1) is 11.1. The molecule has 4 rings (SSSR count). The van der Waals surface area contributed by atoms with E-state index in [9.17, 15) is 4.79 Å². The lowest BCUT2D eigenvalue weighted by molar-refractivity contribution is 0.0991. The van der Waals surface area contributed by atoms with E-state index in [0.29, 0.717) is 13.2 Å². The van der Waals surface area contributed by atoms with Crippen LogP contribution in [0.15, 0.2) is 28.9 Å². The first kappa shape index (κ1) is 13.9. The van der Waals surface area contributed by atoms with Crippen LogP contribution in [0.4, 0.5) is 0 Å². The number of rotatable bonds is 2. The van der Waals surface area contributed by atoms with Gasteiger partial charge in [0.15, 0.2) is 5.58 Å². The Balaban J connectivity index is 1.93. The second-order valence-electron chi connectivity index (χ2n) is 5.48. The molecule has 0 fully saturated rings. The van der Waals surface area contributed by atoms with Crippen LogP contribution in [0.1, 0.15) is 27.3 Å². The minimum absolute atomic E-state index is 0.286. The molecule has 0 bridgehead atoms. The van der Waals surface area contributed by atoms with Crippen molar-refractivity contribution in [3.05, 3.63) is 53.3 Å². The van der Waals surface area contributed by atoms with Crippen LogP contribution >= 0.6 is 0 Å². The number of hydrogen-bond donors (Lipinski definition) is 1. The molecule has 0 saturated heterocycles. The molecule has 3 heterocycles. The summed E-state index contributed by atoms with van der Waals surface area (Å²) in [5.74, 6) is -0.531. The lowest BCUT2D eigenvalue weighted by Gasteiger charge is -2.21. The molecule has 1 aliphatic heterocycles. The van der Waals surface area contributed by atoms with Gasteiger partial charge in [0.1, 0.15) is 5.69 Å². The van der Waals surface area contributed by atoms with Gasteiger partial charge >= 0.3 is 0 Å². The van der Waals surface area contributed by atoms with Crippen LogP contribution < -0.4 is 5.73 Å². The molecule has 0 atom stereocenters. The van der Waals surface area contributed by atoms with Crippen molar-refractivity contribution in [1.29, 1.82) is 0 Å². The third-order valence-corrected chi connectivity index (χ3v) is 4.07. The smallest absolute Gasteiger partial charge is 0.267 e. The van der Waals surface area contributed by atoms with E-state index in [4.69, 9.17) is 15.0 Å². The molecule has 3 aromatic rings. The van der Waals surface area contributed by atoms with Gasteiger partial charge in [-0.25, -0.2) is 0 Å². The molecule has 6 nitrogen and oxygen atoms in total. The molecule has 23 heavy (non-hydrogen) atoms. The van der Waals surface area contributed by atoms with Gasteiger partial charge in [0.05, 0.1) is 18.9 Å². The Hall–Kier alpha value is -2.73. The summed E-state index contributed by atoms with van der Waals surface area (Å²) in [6, 6.07) is 5.84. The van der Waals surface area contributed by atoms with E-state index in [0.717, 1.165) is 38.9 Å². The molecule has 1 aliphatic rings. The third-order valence-electron chi connectivity index (χ3n) is 4.07.